The molecule has 3 aromatic rings. The van der Waals surface area contributed by atoms with Crippen molar-refractivity contribution in [3.05, 3.63) is 64.0 Å². The number of ether oxygens (including phenoxy) is 1. The number of fused-ring (bicyclic) bond motifs is 1. The highest BCUT2D eigenvalue weighted by atomic mass is 79.9. The predicted molar refractivity (Wildman–Crippen MR) is 82.4 cm³/mol. The van der Waals surface area contributed by atoms with Gasteiger partial charge in [0.15, 0.2) is 17.3 Å². The van der Waals surface area contributed by atoms with Crippen molar-refractivity contribution in [3.8, 4) is 5.75 Å². The van der Waals surface area contributed by atoms with Crippen LogP contribution in [-0.4, -0.2) is 17.9 Å². The summed E-state index contributed by atoms with van der Waals surface area (Å²) in [4.78, 5) is 15.6. The molecule has 1 heterocycles. The van der Waals surface area contributed by atoms with Gasteiger partial charge in [-0.2, -0.15) is 0 Å². The van der Waals surface area contributed by atoms with E-state index in [9.17, 15) is 9.18 Å². The first kappa shape index (κ1) is 13.8. The zero-order valence-electron chi connectivity index (χ0n) is 11.1. The lowest BCUT2D eigenvalue weighted by atomic mass is 10.0. The molecule has 0 fully saturated rings. The van der Waals surface area contributed by atoms with Crippen molar-refractivity contribution in [2.75, 3.05) is 7.11 Å². The van der Waals surface area contributed by atoms with Crippen molar-refractivity contribution in [2.45, 2.75) is 0 Å². The first-order valence-corrected chi connectivity index (χ1v) is 7.05. The van der Waals surface area contributed by atoms with Crippen molar-refractivity contribution < 1.29 is 13.9 Å². The fourth-order valence-electron chi connectivity index (χ4n) is 2.28. The minimum absolute atomic E-state index is 0.117. The van der Waals surface area contributed by atoms with Gasteiger partial charge in [-0.15, -0.1) is 0 Å². The number of carbonyl (C=O) groups is 1. The number of H-pyrrole nitrogens is 1. The SMILES string of the molecule is COc1ccc(C(=O)c2c[nH]c3cccc(Br)c23)cc1F. The summed E-state index contributed by atoms with van der Waals surface area (Å²) in [6, 6.07) is 9.82. The molecule has 3 rings (SSSR count). The van der Waals surface area contributed by atoms with Crippen LogP contribution in [0.3, 0.4) is 0 Å². The number of hydrogen-bond acceptors (Lipinski definition) is 2. The Bertz CT molecular complexity index is 841. The van der Waals surface area contributed by atoms with Gasteiger partial charge in [0.25, 0.3) is 0 Å². The van der Waals surface area contributed by atoms with Gasteiger partial charge in [0.1, 0.15) is 0 Å². The summed E-state index contributed by atoms with van der Waals surface area (Å²) in [7, 11) is 1.39. The smallest absolute Gasteiger partial charge is 0.195 e. The molecule has 0 aliphatic rings. The van der Waals surface area contributed by atoms with E-state index in [1.54, 1.807) is 12.3 Å². The van der Waals surface area contributed by atoms with E-state index >= 15 is 0 Å². The molecule has 0 aliphatic carbocycles. The van der Waals surface area contributed by atoms with Crippen LogP contribution in [0.5, 0.6) is 5.75 Å². The summed E-state index contributed by atoms with van der Waals surface area (Å²) in [6.45, 7) is 0. The van der Waals surface area contributed by atoms with E-state index in [0.29, 0.717) is 5.56 Å². The van der Waals surface area contributed by atoms with E-state index in [4.69, 9.17) is 4.74 Å². The summed E-state index contributed by atoms with van der Waals surface area (Å²) in [5.74, 6) is -0.677. The Kier molecular flexibility index (Phi) is 3.51. The minimum atomic E-state index is -0.553. The van der Waals surface area contributed by atoms with Crippen LogP contribution in [0, 0.1) is 5.82 Å². The lowest BCUT2D eigenvalue weighted by Gasteiger charge is -2.05. The van der Waals surface area contributed by atoms with Crippen LogP contribution in [0.4, 0.5) is 4.39 Å². The topological polar surface area (TPSA) is 42.1 Å². The molecule has 5 heteroatoms. The van der Waals surface area contributed by atoms with Crippen LogP contribution in [0.25, 0.3) is 10.9 Å². The van der Waals surface area contributed by atoms with Gasteiger partial charge < -0.3 is 9.72 Å². The Morgan fingerprint density at radius 1 is 1.29 bits per heavy atom. The number of halogens is 2. The first-order valence-electron chi connectivity index (χ1n) is 6.25. The Balaban J connectivity index is 2.11. The van der Waals surface area contributed by atoms with Crippen molar-refractivity contribution in [1.82, 2.24) is 4.98 Å². The summed E-state index contributed by atoms with van der Waals surface area (Å²) in [5, 5.41) is 0.790. The standard InChI is InChI=1S/C16H11BrFNO2/c1-21-14-6-5-9(7-12(14)18)16(20)10-8-19-13-4-2-3-11(17)15(10)13/h2-8,19H,1H3. The Hall–Kier alpha value is -2.14. The minimum Gasteiger partial charge on any atom is -0.494 e. The van der Waals surface area contributed by atoms with E-state index in [1.165, 1.54) is 19.2 Å². The van der Waals surface area contributed by atoms with Gasteiger partial charge in [-0.25, -0.2) is 4.39 Å². The van der Waals surface area contributed by atoms with E-state index in [2.05, 4.69) is 20.9 Å². The van der Waals surface area contributed by atoms with Crippen molar-refractivity contribution >= 4 is 32.6 Å². The third-order valence-electron chi connectivity index (χ3n) is 3.31. The van der Waals surface area contributed by atoms with Gasteiger partial charge >= 0.3 is 0 Å². The molecule has 0 unspecified atom stereocenters. The summed E-state index contributed by atoms with van der Waals surface area (Å²) >= 11 is 3.44. The molecular weight excluding hydrogens is 337 g/mol. The maximum absolute atomic E-state index is 13.8. The molecule has 1 N–H and O–H groups in total. The second-order valence-corrected chi connectivity index (χ2v) is 5.40. The van der Waals surface area contributed by atoms with Crippen LogP contribution in [-0.2, 0) is 0 Å². The Morgan fingerprint density at radius 3 is 2.81 bits per heavy atom. The van der Waals surface area contributed by atoms with Crippen LogP contribution in [0.15, 0.2) is 47.1 Å². The number of nitrogens with one attached hydrogen (secondary N) is 1. The molecule has 0 aliphatic heterocycles. The lowest BCUT2D eigenvalue weighted by molar-refractivity contribution is 0.104. The highest BCUT2D eigenvalue weighted by Gasteiger charge is 2.17. The average molecular weight is 348 g/mol. The molecule has 0 amide bonds. The molecule has 2 aromatic carbocycles. The average Bonchev–Trinajstić information content (AvgIpc) is 2.92. The number of hydrogen-bond donors (Lipinski definition) is 1. The van der Waals surface area contributed by atoms with E-state index in [-0.39, 0.29) is 17.1 Å². The van der Waals surface area contributed by atoms with Gasteiger partial charge in [-0.3, -0.25) is 4.79 Å². The largest absolute Gasteiger partial charge is 0.494 e. The fourth-order valence-corrected chi connectivity index (χ4v) is 2.86. The number of aromatic nitrogens is 1. The fraction of sp³-hybridized carbons (Fsp3) is 0.0625. The molecule has 3 nitrogen and oxygen atoms in total. The normalized spacial score (nSPS) is 10.8. The molecule has 0 saturated carbocycles. The van der Waals surface area contributed by atoms with E-state index in [0.717, 1.165) is 15.4 Å². The molecule has 0 bridgehead atoms. The van der Waals surface area contributed by atoms with Crippen LogP contribution < -0.4 is 4.74 Å². The molecule has 106 valence electrons. The highest BCUT2D eigenvalue weighted by Crippen LogP contribution is 2.29. The molecule has 1 aromatic heterocycles. The number of benzene rings is 2. The van der Waals surface area contributed by atoms with Crippen molar-refractivity contribution in [3.63, 3.8) is 0 Å². The number of aromatic amines is 1. The second-order valence-electron chi connectivity index (χ2n) is 4.54. The van der Waals surface area contributed by atoms with E-state index < -0.39 is 5.82 Å². The zero-order chi connectivity index (χ0) is 15.0. The van der Waals surface area contributed by atoms with Gasteiger partial charge in [-0.05, 0) is 30.3 Å². The van der Waals surface area contributed by atoms with Gasteiger partial charge in [0, 0.05) is 32.7 Å². The van der Waals surface area contributed by atoms with Crippen LogP contribution in [0.1, 0.15) is 15.9 Å². The third kappa shape index (κ3) is 2.34. The molecule has 0 radical (unpaired) electrons. The summed E-state index contributed by atoms with van der Waals surface area (Å²) < 4.78 is 19.4. The predicted octanol–water partition coefficient (Wildman–Crippen LogP) is 4.31. The quantitative estimate of drug-likeness (QED) is 0.717. The first-order chi connectivity index (χ1) is 10.1. The van der Waals surface area contributed by atoms with Crippen LogP contribution >= 0.6 is 15.9 Å². The van der Waals surface area contributed by atoms with Crippen LogP contribution in [0.2, 0.25) is 0 Å². The Morgan fingerprint density at radius 2 is 2.10 bits per heavy atom. The van der Waals surface area contributed by atoms with Gasteiger partial charge in [0.05, 0.1) is 7.11 Å². The molecule has 21 heavy (non-hydrogen) atoms. The number of rotatable bonds is 3. The molecule has 0 saturated heterocycles. The summed E-state index contributed by atoms with van der Waals surface area (Å²) in [5.41, 5.74) is 1.63. The lowest BCUT2D eigenvalue weighted by Crippen LogP contribution is -2.02. The number of methoxy groups -OCH3 is 1. The third-order valence-corrected chi connectivity index (χ3v) is 3.97. The zero-order valence-corrected chi connectivity index (χ0v) is 12.7. The van der Waals surface area contributed by atoms with E-state index in [1.807, 2.05) is 18.2 Å². The molecular formula is C16H11BrFNO2. The Labute approximate surface area is 128 Å². The maximum Gasteiger partial charge on any atom is 0.195 e. The molecule has 0 atom stereocenters. The summed E-state index contributed by atoms with van der Waals surface area (Å²) in [6.07, 6.45) is 1.64. The molecule has 0 spiro atoms. The van der Waals surface area contributed by atoms with Crippen molar-refractivity contribution in [1.29, 1.82) is 0 Å². The number of carbonyl (C=O) groups excluding carboxylic acids is 1. The monoisotopic (exact) mass is 347 g/mol. The van der Waals surface area contributed by atoms with Gasteiger partial charge in [0.2, 0.25) is 0 Å². The van der Waals surface area contributed by atoms with Gasteiger partial charge in [-0.1, -0.05) is 22.0 Å². The number of ketones is 1. The second kappa shape index (κ2) is 5.33. The van der Waals surface area contributed by atoms with Crippen molar-refractivity contribution in [2.24, 2.45) is 0 Å². The maximum atomic E-state index is 13.8. The highest BCUT2D eigenvalue weighted by molar-refractivity contribution is 9.10.